The van der Waals surface area contributed by atoms with Crippen LogP contribution in [0.5, 0.6) is 5.75 Å². The molecular formula is C21H21N3O4S. The standard InChI is InChI=1S/C21H21N3O4S/c25-29(26,24-10-8-23(9-11-24)14-16-4-2-1-3-5-16)18-6-7-20-19(12-18)21-17(15-27-20)13-22-28-21/h1-7,12-13H,8-11,14-15H2. The molecule has 1 aromatic heterocycles. The van der Waals surface area contributed by atoms with E-state index in [0.29, 0.717) is 49.9 Å². The van der Waals surface area contributed by atoms with E-state index in [0.717, 1.165) is 12.1 Å². The van der Waals surface area contributed by atoms with Gasteiger partial charge in [-0.3, -0.25) is 4.90 Å². The van der Waals surface area contributed by atoms with Crippen LogP contribution in [0.3, 0.4) is 0 Å². The first-order chi connectivity index (χ1) is 14.1. The zero-order valence-corrected chi connectivity index (χ0v) is 16.6. The molecule has 0 unspecified atom stereocenters. The van der Waals surface area contributed by atoms with E-state index in [9.17, 15) is 8.42 Å². The summed E-state index contributed by atoms with van der Waals surface area (Å²) in [7, 11) is -3.59. The highest BCUT2D eigenvalue weighted by molar-refractivity contribution is 7.89. The molecule has 0 aliphatic carbocycles. The van der Waals surface area contributed by atoms with Crippen molar-refractivity contribution >= 4 is 10.0 Å². The van der Waals surface area contributed by atoms with Crippen molar-refractivity contribution in [3.8, 4) is 17.1 Å². The lowest BCUT2D eigenvalue weighted by Crippen LogP contribution is -2.48. The molecule has 150 valence electrons. The lowest BCUT2D eigenvalue weighted by molar-refractivity contribution is 0.181. The van der Waals surface area contributed by atoms with E-state index in [-0.39, 0.29) is 4.90 Å². The number of benzene rings is 2. The molecule has 7 nitrogen and oxygen atoms in total. The van der Waals surface area contributed by atoms with E-state index >= 15 is 0 Å². The zero-order valence-electron chi connectivity index (χ0n) is 15.8. The molecule has 3 heterocycles. The Labute approximate surface area is 169 Å². The maximum atomic E-state index is 13.2. The molecule has 2 aliphatic heterocycles. The Morgan fingerprint density at radius 1 is 1.00 bits per heavy atom. The third-order valence-corrected chi connectivity index (χ3v) is 7.34. The van der Waals surface area contributed by atoms with Crippen LogP contribution in [0, 0.1) is 0 Å². The molecule has 0 amide bonds. The van der Waals surface area contributed by atoms with Crippen LogP contribution >= 0.6 is 0 Å². The summed E-state index contributed by atoms with van der Waals surface area (Å²) in [6.07, 6.45) is 1.60. The maximum Gasteiger partial charge on any atom is 0.243 e. The molecule has 2 aliphatic rings. The molecule has 0 N–H and O–H groups in total. The molecule has 0 radical (unpaired) electrons. The van der Waals surface area contributed by atoms with E-state index < -0.39 is 10.0 Å². The Balaban J connectivity index is 1.33. The van der Waals surface area contributed by atoms with Crippen LogP contribution in [0.2, 0.25) is 0 Å². The van der Waals surface area contributed by atoms with Crippen molar-refractivity contribution in [1.82, 2.24) is 14.4 Å². The first-order valence-corrected chi connectivity index (χ1v) is 11.0. The van der Waals surface area contributed by atoms with Gasteiger partial charge in [0.2, 0.25) is 10.0 Å². The van der Waals surface area contributed by atoms with Crippen LogP contribution < -0.4 is 4.74 Å². The van der Waals surface area contributed by atoms with Crippen LogP contribution in [0.25, 0.3) is 11.3 Å². The molecule has 29 heavy (non-hydrogen) atoms. The fourth-order valence-corrected chi connectivity index (χ4v) is 5.28. The molecule has 1 saturated heterocycles. The Bertz CT molecular complexity index is 1120. The van der Waals surface area contributed by atoms with Gasteiger partial charge in [0, 0.05) is 32.7 Å². The first kappa shape index (κ1) is 18.4. The number of nitrogens with zero attached hydrogens (tertiary/aromatic N) is 3. The molecule has 8 heteroatoms. The molecule has 0 spiro atoms. The van der Waals surface area contributed by atoms with Crippen molar-refractivity contribution in [1.29, 1.82) is 0 Å². The first-order valence-electron chi connectivity index (χ1n) is 9.58. The zero-order chi connectivity index (χ0) is 19.8. The van der Waals surface area contributed by atoms with Crippen molar-refractivity contribution in [2.24, 2.45) is 0 Å². The number of ether oxygens (including phenoxy) is 1. The lowest BCUT2D eigenvalue weighted by Gasteiger charge is -2.34. The van der Waals surface area contributed by atoms with Crippen LogP contribution in [-0.4, -0.2) is 49.0 Å². The van der Waals surface area contributed by atoms with Crippen molar-refractivity contribution in [2.45, 2.75) is 18.0 Å². The average molecular weight is 411 g/mol. The molecule has 3 aromatic rings. The van der Waals surface area contributed by atoms with Gasteiger partial charge in [-0.2, -0.15) is 4.31 Å². The van der Waals surface area contributed by atoms with Crippen LogP contribution in [-0.2, 0) is 23.2 Å². The summed E-state index contributed by atoms with van der Waals surface area (Å²) in [4.78, 5) is 2.53. The van der Waals surface area contributed by atoms with Gasteiger partial charge in [0.05, 0.1) is 22.2 Å². The Morgan fingerprint density at radius 2 is 1.79 bits per heavy atom. The highest BCUT2D eigenvalue weighted by atomic mass is 32.2. The van der Waals surface area contributed by atoms with Gasteiger partial charge in [0.1, 0.15) is 12.4 Å². The third-order valence-electron chi connectivity index (χ3n) is 5.44. The van der Waals surface area contributed by atoms with Crippen LogP contribution in [0.4, 0.5) is 0 Å². The number of aromatic nitrogens is 1. The maximum absolute atomic E-state index is 13.2. The predicted octanol–water partition coefficient (Wildman–Crippen LogP) is 2.74. The fourth-order valence-electron chi connectivity index (χ4n) is 3.83. The smallest absolute Gasteiger partial charge is 0.243 e. The topological polar surface area (TPSA) is 75.9 Å². The van der Waals surface area contributed by atoms with Crippen molar-refractivity contribution in [3.05, 3.63) is 65.9 Å². The summed E-state index contributed by atoms with van der Waals surface area (Å²) in [5.74, 6) is 1.19. The summed E-state index contributed by atoms with van der Waals surface area (Å²) in [5.41, 5.74) is 2.69. The minimum Gasteiger partial charge on any atom is -0.488 e. The minimum absolute atomic E-state index is 0.251. The highest BCUT2D eigenvalue weighted by Crippen LogP contribution is 2.39. The van der Waals surface area contributed by atoms with Gasteiger partial charge in [-0.1, -0.05) is 35.5 Å². The molecule has 1 fully saturated rings. The van der Waals surface area contributed by atoms with Crippen molar-refractivity contribution in [2.75, 3.05) is 26.2 Å². The molecule has 2 aromatic carbocycles. The van der Waals surface area contributed by atoms with Gasteiger partial charge in [0.15, 0.2) is 5.76 Å². The van der Waals surface area contributed by atoms with E-state index in [2.05, 4.69) is 22.2 Å². The van der Waals surface area contributed by atoms with Gasteiger partial charge in [0.25, 0.3) is 0 Å². The predicted molar refractivity (Wildman–Crippen MR) is 107 cm³/mol. The SMILES string of the molecule is O=S(=O)(c1ccc2c(c1)-c1oncc1CO2)N1CCN(Cc2ccccc2)CC1. The Kier molecular flexibility index (Phi) is 4.61. The summed E-state index contributed by atoms with van der Waals surface area (Å²) >= 11 is 0. The van der Waals surface area contributed by atoms with E-state index in [1.807, 2.05) is 18.2 Å². The molecule has 5 rings (SSSR count). The minimum atomic E-state index is -3.59. The van der Waals surface area contributed by atoms with E-state index in [4.69, 9.17) is 9.26 Å². The van der Waals surface area contributed by atoms with Crippen LogP contribution in [0.15, 0.2) is 64.1 Å². The molecule has 0 bridgehead atoms. The molecule has 0 atom stereocenters. The van der Waals surface area contributed by atoms with Crippen molar-refractivity contribution in [3.63, 3.8) is 0 Å². The number of sulfonamides is 1. The second kappa shape index (κ2) is 7.29. The number of hydrogen-bond acceptors (Lipinski definition) is 6. The Morgan fingerprint density at radius 3 is 2.59 bits per heavy atom. The largest absolute Gasteiger partial charge is 0.488 e. The number of fused-ring (bicyclic) bond motifs is 3. The summed E-state index contributed by atoms with van der Waals surface area (Å²) < 4.78 is 39.0. The highest BCUT2D eigenvalue weighted by Gasteiger charge is 2.30. The molecular weight excluding hydrogens is 390 g/mol. The lowest BCUT2D eigenvalue weighted by atomic mass is 10.1. The van der Waals surface area contributed by atoms with Gasteiger partial charge < -0.3 is 9.26 Å². The monoisotopic (exact) mass is 411 g/mol. The van der Waals surface area contributed by atoms with Gasteiger partial charge >= 0.3 is 0 Å². The number of hydrogen-bond donors (Lipinski definition) is 0. The summed E-state index contributed by atoms with van der Waals surface area (Å²) in [5, 5.41) is 3.81. The Hall–Kier alpha value is -2.68. The molecule has 0 saturated carbocycles. The van der Waals surface area contributed by atoms with Gasteiger partial charge in [-0.05, 0) is 23.8 Å². The second-order valence-corrected chi connectivity index (χ2v) is 9.23. The number of piperazine rings is 1. The summed E-state index contributed by atoms with van der Waals surface area (Å²) in [6, 6.07) is 15.2. The quantitative estimate of drug-likeness (QED) is 0.657. The normalized spacial score (nSPS) is 17.4. The fraction of sp³-hybridized carbons (Fsp3) is 0.286. The second-order valence-electron chi connectivity index (χ2n) is 7.29. The van der Waals surface area contributed by atoms with E-state index in [1.165, 1.54) is 5.56 Å². The average Bonchev–Trinajstić information content (AvgIpc) is 3.24. The third kappa shape index (κ3) is 3.43. The number of rotatable bonds is 4. The van der Waals surface area contributed by atoms with Crippen molar-refractivity contribution < 1.29 is 17.7 Å². The van der Waals surface area contributed by atoms with Gasteiger partial charge in [-0.25, -0.2) is 8.42 Å². The summed E-state index contributed by atoms with van der Waals surface area (Å²) in [6.45, 7) is 3.55. The van der Waals surface area contributed by atoms with E-state index in [1.54, 1.807) is 28.7 Å². The van der Waals surface area contributed by atoms with Gasteiger partial charge in [-0.15, -0.1) is 0 Å². The van der Waals surface area contributed by atoms with Crippen LogP contribution in [0.1, 0.15) is 11.1 Å².